The molecule has 8 heteroatoms. The molecule has 2 amide bonds. The summed E-state index contributed by atoms with van der Waals surface area (Å²) < 4.78 is 7.02. The van der Waals surface area contributed by atoms with Crippen molar-refractivity contribution in [2.24, 2.45) is 0 Å². The van der Waals surface area contributed by atoms with E-state index in [0.29, 0.717) is 29.1 Å². The summed E-state index contributed by atoms with van der Waals surface area (Å²) in [6.45, 7) is 4.68. The number of benzene rings is 3. The van der Waals surface area contributed by atoms with E-state index in [2.05, 4.69) is 31.3 Å². The smallest absolute Gasteiger partial charge is 0.254 e. The Kier molecular flexibility index (Phi) is 8.94. The highest BCUT2D eigenvalue weighted by Crippen LogP contribution is 2.25. The Bertz CT molecular complexity index is 1370. The maximum atomic E-state index is 13.2. The average molecular weight is 531 g/mol. The Morgan fingerprint density at radius 2 is 1.68 bits per heavy atom. The highest BCUT2D eigenvalue weighted by Gasteiger charge is 2.21. The molecule has 0 radical (unpaired) electrons. The number of ether oxygens (including phenoxy) is 1. The van der Waals surface area contributed by atoms with Crippen LogP contribution in [0.4, 0.5) is 5.95 Å². The van der Waals surface area contributed by atoms with Gasteiger partial charge in [0.15, 0.2) is 0 Å². The fraction of sp³-hybridized carbons (Fsp3) is 0.233. The highest BCUT2D eigenvalue weighted by atomic mass is 35.5. The van der Waals surface area contributed by atoms with E-state index in [4.69, 9.17) is 21.3 Å². The van der Waals surface area contributed by atoms with Crippen LogP contribution in [-0.2, 0) is 9.53 Å². The van der Waals surface area contributed by atoms with Crippen molar-refractivity contribution in [2.75, 3.05) is 32.1 Å². The van der Waals surface area contributed by atoms with Crippen LogP contribution >= 0.6 is 11.6 Å². The quantitative estimate of drug-likeness (QED) is 0.271. The summed E-state index contributed by atoms with van der Waals surface area (Å²) >= 11 is 5.97. The number of amides is 2. The molecule has 1 N–H and O–H groups in total. The Morgan fingerprint density at radius 1 is 1.00 bits per heavy atom. The Morgan fingerprint density at radius 3 is 2.32 bits per heavy atom. The van der Waals surface area contributed by atoms with Gasteiger partial charge >= 0.3 is 0 Å². The first-order valence-electron chi connectivity index (χ1n) is 12.4. The van der Waals surface area contributed by atoms with E-state index in [9.17, 15) is 9.59 Å². The summed E-state index contributed by atoms with van der Waals surface area (Å²) in [6, 6.07) is 24.5. The van der Waals surface area contributed by atoms with E-state index >= 15 is 0 Å². The number of methoxy groups -OCH3 is 1. The predicted octanol–water partition coefficient (Wildman–Crippen LogP) is 6.04. The SMILES string of the molecule is COCCN(CC(=O)Nc1nc(-c2ccccc2)cn1-c1ccc(C(C)C)cc1)C(=O)c1ccc(Cl)cc1. The highest BCUT2D eigenvalue weighted by molar-refractivity contribution is 6.30. The lowest BCUT2D eigenvalue weighted by molar-refractivity contribution is -0.117. The lowest BCUT2D eigenvalue weighted by Gasteiger charge is -2.22. The Labute approximate surface area is 228 Å². The third kappa shape index (κ3) is 6.68. The van der Waals surface area contributed by atoms with E-state index in [1.54, 1.807) is 31.4 Å². The Balaban J connectivity index is 1.60. The maximum absolute atomic E-state index is 13.2. The zero-order valence-corrected chi connectivity index (χ0v) is 22.5. The molecule has 1 aromatic heterocycles. The number of anilines is 1. The van der Waals surface area contributed by atoms with Crippen molar-refractivity contribution >= 4 is 29.4 Å². The molecule has 0 aliphatic carbocycles. The molecule has 38 heavy (non-hydrogen) atoms. The van der Waals surface area contributed by atoms with Gasteiger partial charge in [-0.2, -0.15) is 0 Å². The molecule has 0 atom stereocenters. The molecule has 0 saturated carbocycles. The number of rotatable bonds is 10. The molecule has 4 aromatic rings. The van der Waals surface area contributed by atoms with Gasteiger partial charge in [-0.3, -0.25) is 19.5 Å². The topological polar surface area (TPSA) is 76.5 Å². The maximum Gasteiger partial charge on any atom is 0.254 e. The fourth-order valence-electron chi connectivity index (χ4n) is 4.00. The minimum Gasteiger partial charge on any atom is -0.383 e. The molecule has 196 valence electrons. The predicted molar refractivity (Wildman–Crippen MR) is 151 cm³/mol. The van der Waals surface area contributed by atoms with Gasteiger partial charge in [-0.25, -0.2) is 4.98 Å². The van der Waals surface area contributed by atoms with Crippen molar-refractivity contribution < 1.29 is 14.3 Å². The number of nitrogens with one attached hydrogen (secondary N) is 1. The second-order valence-corrected chi connectivity index (χ2v) is 9.64. The second-order valence-electron chi connectivity index (χ2n) is 9.21. The van der Waals surface area contributed by atoms with Crippen LogP contribution in [0.2, 0.25) is 5.02 Å². The first-order valence-corrected chi connectivity index (χ1v) is 12.8. The van der Waals surface area contributed by atoms with Gasteiger partial charge < -0.3 is 9.64 Å². The van der Waals surface area contributed by atoms with Gasteiger partial charge in [0.05, 0.1) is 12.3 Å². The molecule has 0 saturated heterocycles. The van der Waals surface area contributed by atoms with E-state index in [1.165, 1.54) is 10.5 Å². The molecule has 4 rings (SSSR count). The van der Waals surface area contributed by atoms with E-state index in [-0.39, 0.29) is 24.9 Å². The molecule has 0 fully saturated rings. The molecule has 0 spiro atoms. The average Bonchev–Trinajstić information content (AvgIpc) is 3.35. The first-order chi connectivity index (χ1) is 18.4. The standard InChI is InChI=1S/C30H31ClN4O3/c1-21(2)22-11-15-26(16-12-22)35-19-27(23-7-5-4-6-8-23)32-30(35)33-28(36)20-34(17-18-38-3)29(37)24-9-13-25(31)14-10-24/h4-16,19,21H,17-18,20H2,1-3H3,(H,32,33,36). The number of nitrogens with zero attached hydrogens (tertiary/aromatic N) is 3. The number of halogens is 1. The summed E-state index contributed by atoms with van der Waals surface area (Å²) in [4.78, 5) is 32.5. The van der Waals surface area contributed by atoms with Crippen molar-refractivity contribution in [3.8, 4) is 16.9 Å². The number of hydrogen-bond acceptors (Lipinski definition) is 4. The van der Waals surface area contributed by atoms with Crippen LogP contribution in [-0.4, -0.2) is 53.1 Å². The van der Waals surface area contributed by atoms with Gasteiger partial charge in [0.25, 0.3) is 5.91 Å². The van der Waals surface area contributed by atoms with E-state index in [0.717, 1.165) is 16.9 Å². The molecular weight excluding hydrogens is 500 g/mol. The molecule has 1 heterocycles. The minimum atomic E-state index is -0.367. The normalized spacial score (nSPS) is 11.0. The van der Waals surface area contributed by atoms with Gasteiger partial charge in [0, 0.05) is 41.7 Å². The van der Waals surface area contributed by atoms with Crippen LogP contribution < -0.4 is 5.32 Å². The van der Waals surface area contributed by atoms with Crippen molar-refractivity contribution in [3.05, 3.63) is 101 Å². The summed E-state index contributed by atoms with van der Waals surface area (Å²) in [5.41, 5.74) is 4.18. The summed E-state index contributed by atoms with van der Waals surface area (Å²) in [7, 11) is 1.55. The minimum absolute atomic E-state index is 0.162. The zero-order chi connectivity index (χ0) is 27.1. The third-order valence-electron chi connectivity index (χ3n) is 6.14. The second kappa shape index (κ2) is 12.5. The summed E-state index contributed by atoms with van der Waals surface area (Å²) in [6.07, 6.45) is 1.90. The van der Waals surface area contributed by atoms with Crippen LogP contribution in [0.25, 0.3) is 16.9 Å². The summed E-state index contributed by atoms with van der Waals surface area (Å²) in [5, 5.41) is 3.45. The van der Waals surface area contributed by atoms with Crippen LogP contribution in [0.1, 0.15) is 35.7 Å². The van der Waals surface area contributed by atoms with Crippen molar-refractivity contribution in [2.45, 2.75) is 19.8 Å². The molecule has 7 nitrogen and oxygen atoms in total. The van der Waals surface area contributed by atoms with Gasteiger partial charge in [0.1, 0.15) is 6.54 Å². The monoisotopic (exact) mass is 530 g/mol. The number of hydrogen-bond donors (Lipinski definition) is 1. The zero-order valence-electron chi connectivity index (χ0n) is 21.7. The molecule has 0 aliphatic rings. The van der Waals surface area contributed by atoms with Crippen LogP contribution in [0.15, 0.2) is 85.1 Å². The third-order valence-corrected chi connectivity index (χ3v) is 6.39. The first kappa shape index (κ1) is 27.1. The van der Waals surface area contributed by atoms with E-state index in [1.807, 2.05) is 53.2 Å². The molecule has 0 aliphatic heterocycles. The number of carbonyl (C=O) groups is 2. The molecule has 0 bridgehead atoms. The number of aromatic nitrogens is 2. The van der Waals surface area contributed by atoms with Crippen LogP contribution in [0.3, 0.4) is 0 Å². The van der Waals surface area contributed by atoms with Crippen molar-refractivity contribution in [1.29, 1.82) is 0 Å². The van der Waals surface area contributed by atoms with Gasteiger partial charge in [-0.1, -0.05) is 67.9 Å². The Hall–Kier alpha value is -3.94. The summed E-state index contributed by atoms with van der Waals surface area (Å²) in [5.74, 6) is 0.124. The lowest BCUT2D eigenvalue weighted by atomic mass is 10.0. The van der Waals surface area contributed by atoms with Crippen molar-refractivity contribution in [3.63, 3.8) is 0 Å². The van der Waals surface area contributed by atoms with Gasteiger partial charge in [-0.05, 0) is 47.9 Å². The van der Waals surface area contributed by atoms with Crippen LogP contribution in [0.5, 0.6) is 0 Å². The van der Waals surface area contributed by atoms with Gasteiger partial charge in [-0.15, -0.1) is 0 Å². The number of imidazole rings is 1. The van der Waals surface area contributed by atoms with Crippen molar-refractivity contribution in [1.82, 2.24) is 14.5 Å². The largest absolute Gasteiger partial charge is 0.383 e. The number of carbonyl (C=O) groups excluding carboxylic acids is 2. The fourth-order valence-corrected chi connectivity index (χ4v) is 4.13. The van der Waals surface area contributed by atoms with E-state index < -0.39 is 0 Å². The lowest BCUT2D eigenvalue weighted by Crippen LogP contribution is -2.40. The molecule has 3 aromatic carbocycles. The van der Waals surface area contributed by atoms with Crippen LogP contribution in [0, 0.1) is 0 Å². The molecule has 0 unspecified atom stereocenters. The molecular formula is C30H31ClN4O3. The van der Waals surface area contributed by atoms with Gasteiger partial charge in [0.2, 0.25) is 11.9 Å².